The van der Waals surface area contributed by atoms with Crippen LogP contribution in [0.25, 0.3) is 0 Å². The highest BCUT2D eigenvalue weighted by Crippen LogP contribution is 2.48. The largest absolute Gasteiger partial charge is 0.481 e. The van der Waals surface area contributed by atoms with E-state index in [4.69, 9.17) is 14.2 Å². The van der Waals surface area contributed by atoms with Crippen molar-refractivity contribution in [1.29, 1.82) is 0 Å². The van der Waals surface area contributed by atoms with Gasteiger partial charge in [0.25, 0.3) is 0 Å². The molecule has 192 valence electrons. The molecule has 0 radical (unpaired) electrons. The summed E-state index contributed by atoms with van der Waals surface area (Å²) in [6, 6.07) is 0. The maximum atomic E-state index is 12.6. The molecule has 5 nitrogen and oxygen atoms in total. The average molecular weight is 495 g/mol. The van der Waals surface area contributed by atoms with Crippen molar-refractivity contribution in [2.75, 3.05) is 25.1 Å². The molecule has 0 heterocycles. The van der Waals surface area contributed by atoms with Crippen molar-refractivity contribution in [3.8, 4) is 0 Å². The molecule has 1 unspecified atom stereocenters. The Balaban J connectivity index is 4.21. The molecule has 0 amide bonds. The Morgan fingerprint density at radius 3 is 1.78 bits per heavy atom. The van der Waals surface area contributed by atoms with Gasteiger partial charge in [0.1, 0.15) is 0 Å². The summed E-state index contributed by atoms with van der Waals surface area (Å²) in [4.78, 5) is 10.6. The quantitative estimate of drug-likeness (QED) is 0.101. The van der Waals surface area contributed by atoms with Crippen LogP contribution in [0.15, 0.2) is 0 Å². The summed E-state index contributed by atoms with van der Waals surface area (Å²) in [6.07, 6.45) is 18.9. The van der Waals surface area contributed by atoms with Gasteiger partial charge in [-0.05, 0) is 45.3 Å². The molecular formula is C25H51O5PS. The third-order valence-electron chi connectivity index (χ3n) is 5.63. The number of carbonyl (C=O) groups is 1. The van der Waals surface area contributed by atoms with Gasteiger partial charge in [-0.2, -0.15) is 11.8 Å². The number of aliphatic carboxylic acids is 1. The smallest absolute Gasteiger partial charge is 0.330 e. The Morgan fingerprint density at radius 2 is 1.28 bits per heavy atom. The van der Waals surface area contributed by atoms with Gasteiger partial charge < -0.3 is 14.2 Å². The Kier molecular flexibility index (Phi) is 22.7. The highest BCUT2D eigenvalue weighted by Gasteiger charge is 2.22. The molecule has 0 rings (SSSR count). The Morgan fingerprint density at radius 1 is 0.781 bits per heavy atom. The van der Waals surface area contributed by atoms with Gasteiger partial charge in [0.05, 0.1) is 19.4 Å². The molecule has 0 saturated heterocycles. The van der Waals surface area contributed by atoms with E-state index in [1.54, 1.807) is 0 Å². The van der Waals surface area contributed by atoms with Gasteiger partial charge in [-0.15, -0.1) is 0 Å². The molecule has 1 N–H and O–H groups in total. The number of carboxylic acids is 1. The number of unbranched alkanes of at least 4 members (excludes halogenated alkanes) is 10. The van der Waals surface area contributed by atoms with Crippen molar-refractivity contribution in [3.05, 3.63) is 0 Å². The van der Waals surface area contributed by atoms with Gasteiger partial charge in [0.15, 0.2) is 0 Å². The van der Waals surface area contributed by atoms with Crippen molar-refractivity contribution < 1.29 is 23.5 Å². The predicted molar refractivity (Wildman–Crippen MR) is 139 cm³/mol. The van der Waals surface area contributed by atoms with Crippen LogP contribution < -0.4 is 0 Å². The summed E-state index contributed by atoms with van der Waals surface area (Å²) >= 11 is 2.03. The molecular weight excluding hydrogens is 443 g/mol. The number of rotatable bonds is 25. The number of hydrogen-bond donors (Lipinski definition) is 1. The summed E-state index contributed by atoms with van der Waals surface area (Å²) < 4.78 is 23.4. The molecule has 0 saturated carbocycles. The van der Waals surface area contributed by atoms with E-state index >= 15 is 0 Å². The minimum Gasteiger partial charge on any atom is -0.481 e. The van der Waals surface area contributed by atoms with Gasteiger partial charge in [0, 0.05) is 11.7 Å². The van der Waals surface area contributed by atoms with E-state index in [0.717, 1.165) is 31.4 Å². The number of thioether (sulfide) groups is 1. The van der Waals surface area contributed by atoms with Gasteiger partial charge in [-0.25, -0.2) is 0 Å². The second kappa shape index (κ2) is 22.7. The molecule has 0 aliphatic heterocycles. The first-order chi connectivity index (χ1) is 15.5. The Hall–Kier alpha value is -0.0300. The standard InChI is InChI=1S/C25H51O5PS/c1-4-7-8-9-10-12-15-19-24(20-16-13-11-14-17-21-25(26)27)32-23-18-22-31(28,29-5-2)30-6-3/h24H,4-23H2,1-3H3,(H,26,27). The van der Waals surface area contributed by atoms with E-state index in [1.165, 1.54) is 70.6 Å². The summed E-state index contributed by atoms with van der Waals surface area (Å²) in [6.45, 7) is 6.84. The van der Waals surface area contributed by atoms with Gasteiger partial charge in [-0.1, -0.05) is 77.6 Å². The third kappa shape index (κ3) is 20.6. The molecule has 0 aromatic rings. The van der Waals surface area contributed by atoms with Crippen LogP contribution >= 0.6 is 19.4 Å². The second-order valence-corrected chi connectivity index (χ2v) is 12.2. The van der Waals surface area contributed by atoms with E-state index in [0.29, 0.717) is 31.0 Å². The molecule has 0 aliphatic carbocycles. The maximum Gasteiger partial charge on any atom is 0.330 e. The van der Waals surface area contributed by atoms with Crippen LogP contribution in [0, 0.1) is 0 Å². The van der Waals surface area contributed by atoms with Crippen LogP contribution in [0.3, 0.4) is 0 Å². The Labute approximate surface area is 202 Å². The lowest BCUT2D eigenvalue weighted by molar-refractivity contribution is -0.137. The molecule has 1 atom stereocenters. The minimum atomic E-state index is -2.92. The maximum absolute atomic E-state index is 12.6. The van der Waals surface area contributed by atoms with E-state index in [2.05, 4.69) is 6.92 Å². The lowest BCUT2D eigenvalue weighted by Crippen LogP contribution is -2.06. The first-order valence-corrected chi connectivity index (χ1v) is 16.0. The van der Waals surface area contributed by atoms with Crippen LogP contribution in [0.2, 0.25) is 0 Å². The number of carboxylic acid groups (broad SMARTS) is 1. The topological polar surface area (TPSA) is 72.8 Å². The zero-order valence-corrected chi connectivity index (χ0v) is 22.9. The van der Waals surface area contributed by atoms with Crippen LogP contribution in [-0.2, 0) is 18.4 Å². The van der Waals surface area contributed by atoms with Crippen LogP contribution in [0.4, 0.5) is 0 Å². The molecule has 0 aliphatic rings. The molecule has 0 fully saturated rings. The van der Waals surface area contributed by atoms with Crippen LogP contribution in [0.1, 0.15) is 124 Å². The molecule has 0 bridgehead atoms. The molecule has 32 heavy (non-hydrogen) atoms. The summed E-state index contributed by atoms with van der Waals surface area (Å²) in [5.74, 6) is 0.318. The zero-order valence-electron chi connectivity index (χ0n) is 21.2. The zero-order chi connectivity index (χ0) is 23.9. The van der Waals surface area contributed by atoms with E-state index in [9.17, 15) is 9.36 Å². The summed E-state index contributed by atoms with van der Waals surface area (Å²) in [7, 11) is -2.92. The van der Waals surface area contributed by atoms with Crippen molar-refractivity contribution in [2.24, 2.45) is 0 Å². The minimum absolute atomic E-state index is 0.296. The normalized spacial score (nSPS) is 12.8. The van der Waals surface area contributed by atoms with Crippen molar-refractivity contribution in [2.45, 2.75) is 129 Å². The molecule has 0 spiro atoms. The highest BCUT2D eigenvalue weighted by atomic mass is 32.2. The second-order valence-electron chi connectivity index (χ2n) is 8.63. The molecule has 0 aromatic carbocycles. The Bertz CT molecular complexity index is 465. The highest BCUT2D eigenvalue weighted by molar-refractivity contribution is 7.99. The van der Waals surface area contributed by atoms with Crippen LogP contribution in [0.5, 0.6) is 0 Å². The fourth-order valence-electron chi connectivity index (χ4n) is 3.89. The molecule has 7 heteroatoms. The average Bonchev–Trinajstić information content (AvgIpc) is 2.75. The van der Waals surface area contributed by atoms with E-state index in [-0.39, 0.29) is 0 Å². The first-order valence-electron chi connectivity index (χ1n) is 13.2. The number of hydrogen-bond acceptors (Lipinski definition) is 5. The van der Waals surface area contributed by atoms with Crippen molar-refractivity contribution in [1.82, 2.24) is 0 Å². The monoisotopic (exact) mass is 494 g/mol. The third-order valence-corrected chi connectivity index (χ3v) is 9.26. The van der Waals surface area contributed by atoms with E-state index in [1.807, 2.05) is 25.6 Å². The SMILES string of the molecule is CCCCCCCCCC(CCCCCCCC(=O)O)SCCCP(=O)(OCC)OCC. The van der Waals surface area contributed by atoms with Crippen LogP contribution in [-0.4, -0.2) is 41.5 Å². The first kappa shape index (κ1) is 32.0. The molecule has 0 aromatic heterocycles. The van der Waals surface area contributed by atoms with Crippen molar-refractivity contribution in [3.63, 3.8) is 0 Å². The van der Waals surface area contributed by atoms with Crippen molar-refractivity contribution >= 4 is 25.3 Å². The fraction of sp³-hybridized carbons (Fsp3) is 0.960. The lowest BCUT2D eigenvalue weighted by atomic mass is 10.0. The van der Waals surface area contributed by atoms with Gasteiger partial charge >= 0.3 is 13.6 Å². The van der Waals surface area contributed by atoms with Gasteiger partial charge in [-0.3, -0.25) is 9.36 Å². The summed E-state index contributed by atoms with van der Waals surface area (Å²) in [5.41, 5.74) is 0. The fourth-order valence-corrected chi connectivity index (χ4v) is 7.08. The van der Waals surface area contributed by atoms with Gasteiger partial charge in [0.2, 0.25) is 0 Å². The van der Waals surface area contributed by atoms with E-state index < -0.39 is 13.6 Å². The lowest BCUT2D eigenvalue weighted by Gasteiger charge is -2.19. The predicted octanol–water partition coefficient (Wildman–Crippen LogP) is 8.70. The summed E-state index contributed by atoms with van der Waals surface area (Å²) in [5, 5.41) is 9.40.